The molecule has 0 saturated heterocycles. The highest BCUT2D eigenvalue weighted by Gasteiger charge is 2.09. The molecule has 2 rings (SSSR count). The van der Waals surface area contributed by atoms with Gasteiger partial charge in [0.15, 0.2) is 6.23 Å². The number of carbonyl (C=O) groups excluding carboxylic acids is 1. The summed E-state index contributed by atoms with van der Waals surface area (Å²) < 4.78 is 5.47. The van der Waals surface area contributed by atoms with Crippen LogP contribution in [0.4, 0.5) is 10.5 Å². The number of aromatic hydroxyl groups is 2. The highest BCUT2D eigenvalue weighted by molar-refractivity contribution is 5.89. The summed E-state index contributed by atoms with van der Waals surface area (Å²) in [5.74, 6) is 0.740. The van der Waals surface area contributed by atoms with Crippen molar-refractivity contribution >= 4 is 11.7 Å². The first-order valence-corrected chi connectivity index (χ1v) is 6.35. The molecule has 6 nitrogen and oxygen atoms in total. The van der Waals surface area contributed by atoms with Crippen LogP contribution in [0.5, 0.6) is 17.2 Å². The molecular formula is C15H16N2O4. The topological polar surface area (TPSA) is 90.8 Å². The minimum atomic E-state index is -0.563. The summed E-state index contributed by atoms with van der Waals surface area (Å²) in [5.41, 5.74) is 0.476. The molecule has 0 heterocycles. The van der Waals surface area contributed by atoms with Gasteiger partial charge >= 0.3 is 6.03 Å². The van der Waals surface area contributed by atoms with Crippen molar-refractivity contribution < 1.29 is 19.7 Å². The third-order valence-electron chi connectivity index (χ3n) is 2.59. The lowest BCUT2D eigenvalue weighted by Gasteiger charge is -2.16. The maximum Gasteiger partial charge on any atom is 0.322 e. The molecule has 1 unspecified atom stereocenters. The maximum atomic E-state index is 11.8. The molecule has 0 spiro atoms. The monoisotopic (exact) mass is 288 g/mol. The zero-order valence-electron chi connectivity index (χ0n) is 11.4. The number of ether oxygens (including phenoxy) is 1. The standard InChI is InChI=1S/C15H16N2O4/c1-10(21-14-7-5-12(18)6-8-14)16-15(20)17-11-3-2-4-13(19)9-11/h2-10,18-19H,1H3,(H2,16,17,20). The van der Waals surface area contributed by atoms with Crippen molar-refractivity contribution in [1.29, 1.82) is 0 Å². The Bertz CT molecular complexity index is 613. The van der Waals surface area contributed by atoms with E-state index in [0.717, 1.165) is 0 Å². The molecule has 0 aliphatic carbocycles. The van der Waals surface area contributed by atoms with Crippen molar-refractivity contribution in [2.45, 2.75) is 13.2 Å². The van der Waals surface area contributed by atoms with Gasteiger partial charge in [-0.2, -0.15) is 0 Å². The molecule has 2 aromatic carbocycles. The molecule has 0 aliphatic heterocycles. The van der Waals surface area contributed by atoms with Crippen LogP contribution in [0.3, 0.4) is 0 Å². The molecule has 1 atom stereocenters. The van der Waals surface area contributed by atoms with E-state index in [9.17, 15) is 9.90 Å². The number of nitrogens with one attached hydrogen (secondary N) is 2. The summed E-state index contributed by atoms with van der Waals surface area (Å²) in [7, 11) is 0. The van der Waals surface area contributed by atoms with Gasteiger partial charge in [-0.25, -0.2) is 4.79 Å². The lowest BCUT2D eigenvalue weighted by molar-refractivity contribution is 0.183. The van der Waals surface area contributed by atoms with Gasteiger partial charge in [0, 0.05) is 11.8 Å². The number of carbonyl (C=O) groups is 1. The Labute approximate surface area is 122 Å². The summed E-state index contributed by atoms with van der Waals surface area (Å²) >= 11 is 0. The van der Waals surface area contributed by atoms with E-state index in [1.54, 1.807) is 31.2 Å². The van der Waals surface area contributed by atoms with Gasteiger partial charge in [0.1, 0.15) is 17.2 Å². The van der Waals surface area contributed by atoms with Gasteiger partial charge in [-0.1, -0.05) is 6.07 Å². The predicted molar refractivity (Wildman–Crippen MR) is 78.5 cm³/mol. The van der Waals surface area contributed by atoms with Crippen LogP contribution in [0.15, 0.2) is 48.5 Å². The van der Waals surface area contributed by atoms with Crippen LogP contribution >= 0.6 is 0 Å². The van der Waals surface area contributed by atoms with Gasteiger partial charge < -0.3 is 25.6 Å². The Morgan fingerprint density at radius 1 is 1.10 bits per heavy atom. The Hall–Kier alpha value is -2.89. The number of hydrogen-bond donors (Lipinski definition) is 4. The normalized spacial score (nSPS) is 11.5. The van der Waals surface area contributed by atoms with Crippen LogP contribution in [0.2, 0.25) is 0 Å². The predicted octanol–water partition coefficient (Wildman–Crippen LogP) is 2.64. The highest BCUT2D eigenvalue weighted by atomic mass is 16.5. The molecule has 0 aliphatic rings. The number of amides is 2. The molecule has 0 radical (unpaired) electrons. The largest absolute Gasteiger partial charge is 0.508 e. The number of urea groups is 1. The van der Waals surface area contributed by atoms with E-state index in [2.05, 4.69) is 10.6 Å². The quantitative estimate of drug-likeness (QED) is 0.651. The zero-order valence-corrected chi connectivity index (χ0v) is 11.4. The molecule has 2 aromatic rings. The van der Waals surface area contributed by atoms with Crippen molar-refractivity contribution in [1.82, 2.24) is 5.32 Å². The Morgan fingerprint density at radius 3 is 2.48 bits per heavy atom. The molecule has 6 heteroatoms. The Kier molecular flexibility index (Phi) is 4.50. The van der Waals surface area contributed by atoms with Gasteiger partial charge in [0.05, 0.1) is 0 Å². The van der Waals surface area contributed by atoms with Crippen molar-refractivity contribution in [2.24, 2.45) is 0 Å². The van der Waals surface area contributed by atoms with Crippen LogP contribution in [-0.4, -0.2) is 22.5 Å². The number of phenols is 2. The van der Waals surface area contributed by atoms with Crippen LogP contribution in [-0.2, 0) is 0 Å². The summed E-state index contributed by atoms with van der Waals surface area (Å²) in [6, 6.07) is 12.0. The molecule has 0 saturated carbocycles. The fourth-order valence-corrected chi connectivity index (χ4v) is 1.69. The highest BCUT2D eigenvalue weighted by Crippen LogP contribution is 2.17. The van der Waals surface area contributed by atoms with Crippen molar-refractivity contribution in [3.05, 3.63) is 48.5 Å². The smallest absolute Gasteiger partial charge is 0.322 e. The second-order valence-electron chi connectivity index (χ2n) is 4.40. The van der Waals surface area contributed by atoms with Crippen molar-refractivity contribution in [3.8, 4) is 17.2 Å². The number of phenolic OH excluding ortho intramolecular Hbond substituents is 2. The maximum absolute atomic E-state index is 11.8. The second kappa shape index (κ2) is 6.51. The van der Waals surface area contributed by atoms with E-state index in [1.807, 2.05) is 0 Å². The molecule has 0 bridgehead atoms. The Balaban J connectivity index is 1.86. The van der Waals surface area contributed by atoms with Gasteiger partial charge in [-0.15, -0.1) is 0 Å². The number of hydrogen-bond acceptors (Lipinski definition) is 4. The molecule has 0 aromatic heterocycles. The van der Waals surface area contributed by atoms with Gasteiger partial charge in [-0.05, 0) is 43.3 Å². The van der Waals surface area contributed by atoms with Gasteiger partial charge in [-0.3, -0.25) is 0 Å². The molecular weight excluding hydrogens is 272 g/mol. The van der Waals surface area contributed by atoms with Gasteiger partial charge in [0.25, 0.3) is 0 Å². The van der Waals surface area contributed by atoms with Gasteiger partial charge in [0.2, 0.25) is 0 Å². The van der Waals surface area contributed by atoms with Crippen LogP contribution < -0.4 is 15.4 Å². The summed E-state index contributed by atoms with van der Waals surface area (Å²) in [5, 5.41) is 23.6. The first-order chi connectivity index (χ1) is 10.0. The average Bonchev–Trinajstić information content (AvgIpc) is 2.41. The van der Waals surface area contributed by atoms with E-state index in [0.29, 0.717) is 11.4 Å². The molecule has 21 heavy (non-hydrogen) atoms. The van der Waals surface area contributed by atoms with Crippen LogP contribution in [0.1, 0.15) is 6.92 Å². The van der Waals surface area contributed by atoms with Crippen LogP contribution in [0, 0.1) is 0 Å². The average molecular weight is 288 g/mol. The minimum Gasteiger partial charge on any atom is -0.508 e. The number of benzene rings is 2. The Morgan fingerprint density at radius 2 is 1.81 bits per heavy atom. The summed E-state index contributed by atoms with van der Waals surface area (Å²) in [6.45, 7) is 1.68. The first-order valence-electron chi connectivity index (χ1n) is 6.35. The fourth-order valence-electron chi connectivity index (χ4n) is 1.69. The zero-order chi connectivity index (χ0) is 15.2. The lowest BCUT2D eigenvalue weighted by Crippen LogP contribution is -2.39. The molecule has 2 amide bonds. The fraction of sp³-hybridized carbons (Fsp3) is 0.133. The number of rotatable bonds is 4. The second-order valence-corrected chi connectivity index (χ2v) is 4.40. The lowest BCUT2D eigenvalue weighted by atomic mass is 10.3. The van der Waals surface area contributed by atoms with E-state index >= 15 is 0 Å². The summed E-state index contributed by atoms with van der Waals surface area (Å²) in [4.78, 5) is 11.8. The third kappa shape index (κ3) is 4.61. The van der Waals surface area contributed by atoms with E-state index < -0.39 is 12.3 Å². The van der Waals surface area contributed by atoms with Crippen molar-refractivity contribution in [3.63, 3.8) is 0 Å². The molecule has 0 fully saturated rings. The molecule has 110 valence electrons. The van der Waals surface area contributed by atoms with E-state index in [4.69, 9.17) is 9.84 Å². The van der Waals surface area contributed by atoms with E-state index in [1.165, 1.54) is 24.3 Å². The SMILES string of the molecule is CC(NC(=O)Nc1cccc(O)c1)Oc1ccc(O)cc1. The van der Waals surface area contributed by atoms with Crippen molar-refractivity contribution in [2.75, 3.05) is 5.32 Å². The minimum absolute atomic E-state index is 0.0705. The van der Waals surface area contributed by atoms with Crippen LogP contribution in [0.25, 0.3) is 0 Å². The molecule has 4 N–H and O–H groups in total. The first kappa shape index (κ1) is 14.5. The number of anilines is 1. The summed E-state index contributed by atoms with van der Waals surface area (Å²) in [6.07, 6.45) is -0.563. The third-order valence-corrected chi connectivity index (χ3v) is 2.59. The van der Waals surface area contributed by atoms with E-state index in [-0.39, 0.29) is 11.5 Å².